The van der Waals surface area contributed by atoms with E-state index in [2.05, 4.69) is 11.8 Å². The summed E-state index contributed by atoms with van der Waals surface area (Å²) in [6, 6.07) is 0.240. The topological polar surface area (TPSA) is 32.7 Å². The average molecular weight is 173 g/mol. The van der Waals surface area contributed by atoms with Crippen LogP contribution in [0.1, 0.15) is 20.3 Å². The van der Waals surface area contributed by atoms with E-state index in [0.29, 0.717) is 0 Å². The van der Waals surface area contributed by atoms with Gasteiger partial charge >= 0.3 is 0 Å². The molecule has 12 heavy (non-hydrogen) atoms. The van der Waals surface area contributed by atoms with E-state index in [0.717, 1.165) is 6.42 Å². The maximum Gasteiger partial charge on any atom is 0.0954 e. The van der Waals surface area contributed by atoms with Gasteiger partial charge in [0.1, 0.15) is 0 Å². The number of hydrogen-bond donors (Lipinski definition) is 1. The van der Waals surface area contributed by atoms with Gasteiger partial charge in [-0.2, -0.15) is 0 Å². The Morgan fingerprint density at radius 1 is 1.33 bits per heavy atom. The highest BCUT2D eigenvalue weighted by Crippen LogP contribution is 2.22. The quantitative estimate of drug-likeness (QED) is 0.626. The summed E-state index contributed by atoms with van der Waals surface area (Å²) in [5.41, 5.74) is 0. The summed E-state index contributed by atoms with van der Waals surface area (Å²) in [5.74, 6) is 0. The van der Waals surface area contributed by atoms with Crippen LogP contribution in [0, 0.1) is 0 Å². The minimum absolute atomic E-state index is 0.0406. The molecule has 1 aliphatic rings. The molecule has 0 amide bonds. The van der Waals surface area contributed by atoms with Crippen LogP contribution in [0.5, 0.6) is 0 Å². The molecule has 1 aliphatic heterocycles. The van der Waals surface area contributed by atoms with Gasteiger partial charge in [-0.1, -0.05) is 0 Å². The maximum absolute atomic E-state index is 9.76. The molecule has 1 rings (SSSR count). The zero-order valence-corrected chi connectivity index (χ0v) is 8.32. The van der Waals surface area contributed by atoms with E-state index in [9.17, 15) is 5.11 Å². The van der Waals surface area contributed by atoms with Crippen molar-refractivity contribution in [2.24, 2.45) is 0 Å². The molecule has 0 radical (unpaired) electrons. The first-order chi connectivity index (χ1) is 5.52. The number of hydrogen-bond acceptors (Lipinski definition) is 3. The molecule has 3 heteroatoms. The molecule has 0 aliphatic carbocycles. The Balaban J connectivity index is 2.60. The number of ether oxygens (including phenoxy) is 1. The van der Waals surface area contributed by atoms with Crippen molar-refractivity contribution in [3.63, 3.8) is 0 Å². The highest BCUT2D eigenvalue weighted by Gasteiger charge is 2.34. The molecule has 3 nitrogen and oxygen atoms in total. The molecule has 0 aromatic carbocycles. The van der Waals surface area contributed by atoms with Crippen LogP contribution in [0.15, 0.2) is 0 Å². The first-order valence-corrected chi connectivity index (χ1v) is 4.52. The second kappa shape index (κ2) is 3.73. The van der Waals surface area contributed by atoms with Gasteiger partial charge in [0.25, 0.3) is 0 Å². The summed E-state index contributed by atoms with van der Waals surface area (Å²) in [6.45, 7) is 3.98. The Morgan fingerprint density at radius 3 is 2.42 bits per heavy atom. The van der Waals surface area contributed by atoms with Gasteiger partial charge in [-0.15, -0.1) is 0 Å². The van der Waals surface area contributed by atoms with Crippen molar-refractivity contribution >= 4 is 0 Å². The molecular formula is C9H19NO2. The SMILES string of the molecule is CC1CC(N(C)C)[C@@H](O)[C@H](C)O1. The highest BCUT2D eigenvalue weighted by molar-refractivity contribution is 4.86. The Labute approximate surface area is 74.3 Å². The summed E-state index contributed by atoms with van der Waals surface area (Å²) in [4.78, 5) is 2.07. The largest absolute Gasteiger partial charge is 0.389 e. The number of aliphatic hydroxyl groups is 1. The van der Waals surface area contributed by atoms with Crippen molar-refractivity contribution in [1.82, 2.24) is 4.90 Å². The molecule has 0 spiro atoms. The Hall–Kier alpha value is -0.120. The smallest absolute Gasteiger partial charge is 0.0954 e. The fraction of sp³-hybridized carbons (Fsp3) is 1.00. The van der Waals surface area contributed by atoms with E-state index >= 15 is 0 Å². The second-order valence-corrected chi connectivity index (χ2v) is 3.91. The van der Waals surface area contributed by atoms with Gasteiger partial charge < -0.3 is 14.7 Å². The van der Waals surface area contributed by atoms with Crippen molar-refractivity contribution in [2.45, 2.75) is 44.6 Å². The van der Waals surface area contributed by atoms with Gasteiger partial charge in [0.15, 0.2) is 0 Å². The molecule has 2 unspecified atom stereocenters. The molecule has 1 N–H and O–H groups in total. The van der Waals surface area contributed by atoms with Crippen molar-refractivity contribution in [3.8, 4) is 0 Å². The van der Waals surface area contributed by atoms with Crippen LogP contribution in [-0.4, -0.2) is 48.5 Å². The molecular weight excluding hydrogens is 154 g/mol. The lowest BCUT2D eigenvalue weighted by Gasteiger charge is -2.40. The molecule has 0 aromatic heterocycles. The monoisotopic (exact) mass is 173 g/mol. The van der Waals surface area contributed by atoms with E-state index in [1.54, 1.807) is 0 Å². The van der Waals surface area contributed by atoms with Crippen LogP contribution >= 0.6 is 0 Å². The van der Waals surface area contributed by atoms with Gasteiger partial charge in [0, 0.05) is 6.04 Å². The zero-order valence-electron chi connectivity index (χ0n) is 8.32. The van der Waals surface area contributed by atoms with Crippen LogP contribution in [0.3, 0.4) is 0 Å². The summed E-state index contributed by atoms with van der Waals surface area (Å²) >= 11 is 0. The van der Waals surface area contributed by atoms with E-state index in [1.807, 2.05) is 21.0 Å². The van der Waals surface area contributed by atoms with Crippen LogP contribution in [-0.2, 0) is 4.74 Å². The minimum Gasteiger partial charge on any atom is -0.389 e. The van der Waals surface area contributed by atoms with E-state index < -0.39 is 0 Å². The van der Waals surface area contributed by atoms with Crippen LogP contribution in [0.25, 0.3) is 0 Å². The lowest BCUT2D eigenvalue weighted by Crippen LogP contribution is -2.52. The Morgan fingerprint density at radius 2 is 1.92 bits per heavy atom. The second-order valence-electron chi connectivity index (χ2n) is 3.91. The summed E-state index contributed by atoms with van der Waals surface area (Å²) < 4.78 is 5.50. The third-order valence-corrected chi connectivity index (χ3v) is 2.56. The van der Waals surface area contributed by atoms with Crippen molar-refractivity contribution in [2.75, 3.05) is 14.1 Å². The van der Waals surface area contributed by atoms with Gasteiger partial charge in [0.05, 0.1) is 18.3 Å². The van der Waals surface area contributed by atoms with Crippen molar-refractivity contribution in [1.29, 1.82) is 0 Å². The van der Waals surface area contributed by atoms with Crippen LogP contribution in [0.4, 0.5) is 0 Å². The van der Waals surface area contributed by atoms with Crippen molar-refractivity contribution < 1.29 is 9.84 Å². The van der Waals surface area contributed by atoms with Crippen LogP contribution in [0.2, 0.25) is 0 Å². The predicted molar refractivity (Wildman–Crippen MR) is 48.1 cm³/mol. The molecule has 1 saturated heterocycles. The third kappa shape index (κ3) is 1.97. The van der Waals surface area contributed by atoms with E-state index in [1.165, 1.54) is 0 Å². The lowest BCUT2D eigenvalue weighted by molar-refractivity contribution is -0.134. The zero-order chi connectivity index (χ0) is 9.30. The highest BCUT2D eigenvalue weighted by atomic mass is 16.5. The number of likely N-dealkylation sites (N-methyl/N-ethyl adjacent to an activating group) is 1. The third-order valence-electron chi connectivity index (χ3n) is 2.56. The maximum atomic E-state index is 9.76. The number of aliphatic hydroxyl groups excluding tert-OH is 1. The van der Waals surface area contributed by atoms with E-state index in [-0.39, 0.29) is 24.4 Å². The first kappa shape index (κ1) is 9.96. The van der Waals surface area contributed by atoms with Crippen LogP contribution < -0.4 is 0 Å². The summed E-state index contributed by atoms with van der Waals surface area (Å²) in [6.07, 6.45) is 0.784. The molecule has 0 aromatic rings. The Bertz CT molecular complexity index is 149. The fourth-order valence-corrected chi connectivity index (χ4v) is 1.81. The Kier molecular flexibility index (Phi) is 3.09. The normalized spacial score (nSPS) is 43.5. The molecule has 1 fully saturated rings. The summed E-state index contributed by atoms with van der Waals surface area (Å²) in [5, 5.41) is 9.76. The number of rotatable bonds is 1. The average Bonchev–Trinajstić information content (AvgIpc) is 1.96. The first-order valence-electron chi connectivity index (χ1n) is 4.52. The van der Waals surface area contributed by atoms with Gasteiger partial charge in [-0.3, -0.25) is 0 Å². The fourth-order valence-electron chi connectivity index (χ4n) is 1.81. The van der Waals surface area contributed by atoms with E-state index in [4.69, 9.17) is 4.74 Å². The minimum atomic E-state index is -0.351. The molecule has 0 saturated carbocycles. The van der Waals surface area contributed by atoms with Gasteiger partial charge in [-0.25, -0.2) is 0 Å². The predicted octanol–water partition coefficient (Wildman–Crippen LogP) is 0.475. The molecule has 1 heterocycles. The lowest BCUT2D eigenvalue weighted by atomic mass is 9.96. The summed E-state index contributed by atoms with van der Waals surface area (Å²) in [7, 11) is 4.00. The number of nitrogens with zero attached hydrogens (tertiary/aromatic N) is 1. The molecule has 72 valence electrons. The van der Waals surface area contributed by atoms with Gasteiger partial charge in [-0.05, 0) is 34.4 Å². The molecule has 0 bridgehead atoms. The van der Waals surface area contributed by atoms with Gasteiger partial charge in [0.2, 0.25) is 0 Å². The standard InChI is InChI=1S/C9H19NO2/c1-6-5-8(10(3)4)9(11)7(2)12-6/h6-9,11H,5H2,1-4H3/t6?,7-,8?,9-/m0/s1. The molecule has 4 atom stereocenters. The van der Waals surface area contributed by atoms with Crippen molar-refractivity contribution in [3.05, 3.63) is 0 Å².